The third-order valence-corrected chi connectivity index (χ3v) is 4.82. The van der Waals surface area contributed by atoms with Crippen LogP contribution in [0.1, 0.15) is 30.6 Å². The zero-order valence-electron chi connectivity index (χ0n) is 10.6. The van der Waals surface area contributed by atoms with Crippen molar-refractivity contribution >= 4 is 41.6 Å². The van der Waals surface area contributed by atoms with E-state index in [1.54, 1.807) is 0 Å². The van der Waals surface area contributed by atoms with Crippen molar-refractivity contribution < 1.29 is 13.2 Å². The SMILES string of the molecule is CCC(C)CNC(=O)c1cc(S(=O)(=O)Cl)ccc1Br. The molecule has 0 aliphatic carbocycles. The zero-order valence-corrected chi connectivity index (χ0v) is 13.8. The van der Waals surface area contributed by atoms with E-state index in [9.17, 15) is 13.2 Å². The molecule has 0 saturated carbocycles. The molecule has 19 heavy (non-hydrogen) atoms. The smallest absolute Gasteiger partial charge is 0.261 e. The number of benzene rings is 1. The molecule has 106 valence electrons. The molecule has 1 aromatic rings. The van der Waals surface area contributed by atoms with Crippen LogP contribution in [-0.4, -0.2) is 20.9 Å². The number of nitrogens with one attached hydrogen (secondary N) is 1. The Morgan fingerprint density at radius 3 is 2.63 bits per heavy atom. The molecule has 0 saturated heterocycles. The van der Waals surface area contributed by atoms with E-state index in [4.69, 9.17) is 10.7 Å². The summed E-state index contributed by atoms with van der Waals surface area (Å²) >= 11 is 3.22. The molecule has 0 fully saturated rings. The van der Waals surface area contributed by atoms with Gasteiger partial charge in [-0.1, -0.05) is 20.3 Å². The minimum Gasteiger partial charge on any atom is -0.352 e. The first kappa shape index (κ1) is 16.5. The van der Waals surface area contributed by atoms with E-state index in [1.807, 2.05) is 13.8 Å². The highest BCUT2D eigenvalue weighted by molar-refractivity contribution is 9.10. The molecule has 1 N–H and O–H groups in total. The third kappa shape index (κ3) is 4.78. The average Bonchev–Trinajstić information content (AvgIpc) is 2.34. The van der Waals surface area contributed by atoms with Gasteiger partial charge in [-0.05, 0) is 40.0 Å². The number of rotatable bonds is 5. The van der Waals surface area contributed by atoms with Crippen LogP contribution in [0.4, 0.5) is 0 Å². The van der Waals surface area contributed by atoms with Crippen molar-refractivity contribution in [2.24, 2.45) is 5.92 Å². The van der Waals surface area contributed by atoms with Crippen molar-refractivity contribution in [3.63, 3.8) is 0 Å². The summed E-state index contributed by atoms with van der Waals surface area (Å²) in [6.07, 6.45) is 0.956. The molecule has 0 radical (unpaired) electrons. The molecular weight excluding hydrogens is 354 g/mol. The lowest BCUT2D eigenvalue weighted by Gasteiger charge is -2.11. The number of amides is 1. The molecule has 0 heterocycles. The van der Waals surface area contributed by atoms with Crippen molar-refractivity contribution in [3.05, 3.63) is 28.2 Å². The van der Waals surface area contributed by atoms with Crippen LogP contribution < -0.4 is 5.32 Å². The Morgan fingerprint density at radius 2 is 2.11 bits per heavy atom. The van der Waals surface area contributed by atoms with Gasteiger partial charge in [-0.2, -0.15) is 0 Å². The Hall–Kier alpha value is -0.590. The standard InChI is InChI=1S/C12H15BrClNO3S/c1-3-8(2)7-15-12(16)10-6-9(19(14,17)18)4-5-11(10)13/h4-6,8H,3,7H2,1-2H3,(H,15,16). The van der Waals surface area contributed by atoms with Crippen LogP contribution in [0.5, 0.6) is 0 Å². The normalized spacial score (nSPS) is 13.1. The number of carbonyl (C=O) groups is 1. The minimum atomic E-state index is -3.84. The average molecular weight is 369 g/mol. The van der Waals surface area contributed by atoms with Crippen molar-refractivity contribution in [1.29, 1.82) is 0 Å². The summed E-state index contributed by atoms with van der Waals surface area (Å²) in [7, 11) is 1.42. The van der Waals surface area contributed by atoms with Gasteiger partial charge in [0, 0.05) is 21.7 Å². The van der Waals surface area contributed by atoms with Crippen molar-refractivity contribution in [2.45, 2.75) is 25.2 Å². The van der Waals surface area contributed by atoms with Crippen molar-refractivity contribution in [1.82, 2.24) is 5.32 Å². The maximum atomic E-state index is 12.0. The Balaban J connectivity index is 2.96. The van der Waals surface area contributed by atoms with Gasteiger partial charge in [-0.3, -0.25) is 4.79 Å². The predicted octanol–water partition coefficient (Wildman–Crippen LogP) is 3.15. The molecule has 1 aromatic carbocycles. The molecule has 4 nitrogen and oxygen atoms in total. The lowest BCUT2D eigenvalue weighted by atomic mass is 10.1. The quantitative estimate of drug-likeness (QED) is 0.812. The van der Waals surface area contributed by atoms with E-state index in [0.717, 1.165) is 6.42 Å². The van der Waals surface area contributed by atoms with Gasteiger partial charge in [-0.15, -0.1) is 0 Å². The minimum absolute atomic E-state index is 0.0916. The Morgan fingerprint density at radius 1 is 1.47 bits per heavy atom. The largest absolute Gasteiger partial charge is 0.352 e. The number of halogens is 2. The summed E-state index contributed by atoms with van der Waals surface area (Å²) in [5.41, 5.74) is 0.255. The molecule has 7 heteroatoms. The first-order chi connectivity index (χ1) is 8.75. The highest BCUT2D eigenvalue weighted by Gasteiger charge is 2.16. The molecule has 0 bridgehead atoms. The first-order valence-electron chi connectivity index (χ1n) is 5.78. The highest BCUT2D eigenvalue weighted by Crippen LogP contribution is 2.23. The molecule has 1 amide bonds. The number of carbonyl (C=O) groups excluding carboxylic acids is 1. The molecule has 1 atom stereocenters. The van der Waals surface area contributed by atoms with Crippen LogP contribution in [-0.2, 0) is 9.05 Å². The summed E-state index contributed by atoms with van der Waals surface area (Å²) in [5.74, 6) is 0.0389. The molecule has 1 unspecified atom stereocenters. The van der Waals surface area contributed by atoms with Gasteiger partial charge in [0.15, 0.2) is 0 Å². The summed E-state index contributed by atoms with van der Waals surface area (Å²) in [5, 5.41) is 2.76. The fourth-order valence-corrected chi connectivity index (χ4v) is 2.54. The second-order valence-corrected chi connectivity index (χ2v) is 7.72. The fourth-order valence-electron chi connectivity index (χ4n) is 1.34. The van der Waals surface area contributed by atoms with E-state index in [1.165, 1.54) is 18.2 Å². The van der Waals surface area contributed by atoms with Gasteiger partial charge in [0.25, 0.3) is 15.0 Å². The van der Waals surface area contributed by atoms with E-state index in [0.29, 0.717) is 16.9 Å². The van der Waals surface area contributed by atoms with Gasteiger partial charge < -0.3 is 5.32 Å². The number of hydrogen-bond acceptors (Lipinski definition) is 3. The van der Waals surface area contributed by atoms with E-state index in [-0.39, 0.29) is 16.4 Å². The van der Waals surface area contributed by atoms with Gasteiger partial charge in [-0.25, -0.2) is 8.42 Å². The molecule has 0 aromatic heterocycles. The lowest BCUT2D eigenvalue weighted by molar-refractivity contribution is 0.0947. The summed E-state index contributed by atoms with van der Waals surface area (Å²) in [6, 6.07) is 4.10. The monoisotopic (exact) mass is 367 g/mol. The maximum Gasteiger partial charge on any atom is 0.261 e. The maximum absolute atomic E-state index is 12.0. The highest BCUT2D eigenvalue weighted by atomic mass is 79.9. The van der Waals surface area contributed by atoms with Crippen molar-refractivity contribution in [2.75, 3.05) is 6.54 Å². The van der Waals surface area contributed by atoms with E-state index < -0.39 is 9.05 Å². The first-order valence-corrected chi connectivity index (χ1v) is 8.88. The summed E-state index contributed by atoms with van der Waals surface area (Å²) in [4.78, 5) is 11.9. The summed E-state index contributed by atoms with van der Waals surface area (Å²) in [6.45, 7) is 4.60. The Bertz CT molecular complexity index is 574. The Labute approximate surface area is 126 Å². The van der Waals surface area contributed by atoms with Gasteiger partial charge in [0.05, 0.1) is 10.5 Å². The van der Waals surface area contributed by atoms with Gasteiger partial charge >= 0.3 is 0 Å². The molecular formula is C12H15BrClNO3S. The van der Waals surface area contributed by atoms with E-state index in [2.05, 4.69) is 21.2 Å². The molecule has 0 spiro atoms. The van der Waals surface area contributed by atoms with Crippen LogP contribution in [0, 0.1) is 5.92 Å². The summed E-state index contributed by atoms with van der Waals surface area (Å²) < 4.78 is 23.0. The van der Waals surface area contributed by atoms with Crippen molar-refractivity contribution in [3.8, 4) is 0 Å². The van der Waals surface area contributed by atoms with Crippen LogP contribution in [0.2, 0.25) is 0 Å². The van der Waals surface area contributed by atoms with Crippen LogP contribution >= 0.6 is 26.6 Å². The van der Waals surface area contributed by atoms with Gasteiger partial charge in [0.1, 0.15) is 0 Å². The van der Waals surface area contributed by atoms with Crippen LogP contribution in [0.15, 0.2) is 27.6 Å². The number of hydrogen-bond donors (Lipinski definition) is 1. The third-order valence-electron chi connectivity index (χ3n) is 2.77. The topological polar surface area (TPSA) is 63.2 Å². The van der Waals surface area contributed by atoms with Crippen LogP contribution in [0.25, 0.3) is 0 Å². The molecule has 0 aliphatic rings. The lowest BCUT2D eigenvalue weighted by Crippen LogP contribution is -2.28. The Kier molecular flexibility index (Phi) is 5.82. The second-order valence-electron chi connectivity index (χ2n) is 4.30. The fraction of sp³-hybridized carbons (Fsp3) is 0.417. The zero-order chi connectivity index (χ0) is 14.6. The van der Waals surface area contributed by atoms with Crippen LogP contribution in [0.3, 0.4) is 0 Å². The van der Waals surface area contributed by atoms with Gasteiger partial charge in [0.2, 0.25) is 0 Å². The second kappa shape index (κ2) is 6.72. The van der Waals surface area contributed by atoms with E-state index >= 15 is 0 Å². The molecule has 1 rings (SSSR count). The predicted molar refractivity (Wildman–Crippen MR) is 79.0 cm³/mol. The molecule has 0 aliphatic heterocycles.